The second-order valence-electron chi connectivity index (χ2n) is 5.01. The van der Waals surface area contributed by atoms with Gasteiger partial charge in [-0.25, -0.2) is 0 Å². The van der Waals surface area contributed by atoms with Crippen molar-refractivity contribution in [1.29, 1.82) is 0 Å². The van der Waals surface area contributed by atoms with E-state index in [-0.39, 0.29) is 0 Å². The molecule has 20 heavy (non-hydrogen) atoms. The molecule has 1 fully saturated rings. The molecule has 0 unspecified atom stereocenters. The van der Waals surface area contributed by atoms with Crippen molar-refractivity contribution in [3.05, 3.63) is 60.4 Å². The van der Waals surface area contributed by atoms with Gasteiger partial charge in [0.1, 0.15) is 0 Å². The normalized spacial score (nSPS) is 13.8. The highest BCUT2D eigenvalue weighted by Gasteiger charge is 2.30. The van der Waals surface area contributed by atoms with Gasteiger partial charge in [0.2, 0.25) is 0 Å². The van der Waals surface area contributed by atoms with Crippen LogP contribution in [-0.4, -0.2) is 21.0 Å². The van der Waals surface area contributed by atoms with Gasteiger partial charge in [0.05, 0.1) is 0 Å². The molecule has 1 aromatic carbocycles. The predicted octanol–water partition coefficient (Wildman–Crippen LogP) is 3.44. The fourth-order valence-electron chi connectivity index (χ4n) is 2.15. The second kappa shape index (κ2) is 6.01. The molecule has 1 aromatic heterocycles. The smallest absolute Gasteiger partial charge is 0.173 e. The fraction of sp³-hybridized carbons (Fsp3) is 0.250. The highest BCUT2D eigenvalue weighted by Crippen LogP contribution is 2.29. The van der Waals surface area contributed by atoms with Crippen LogP contribution in [0.1, 0.15) is 18.4 Å². The Morgan fingerprint density at radius 2 is 1.85 bits per heavy atom. The summed E-state index contributed by atoms with van der Waals surface area (Å²) in [7, 11) is 0. The topological polar surface area (TPSA) is 28.2 Å². The number of nitrogens with zero attached hydrogens (tertiary/aromatic N) is 2. The zero-order valence-electron chi connectivity index (χ0n) is 11.2. The Balaban J connectivity index is 1.69. The standard InChI is InChI=1S/C16H17N3S/c20-16(18-14-4-2-1-3-5-14)19(15-6-7-15)12-13-8-10-17-11-9-13/h1-5,8-11,15H,6-7,12H2,(H,18,20). The van der Waals surface area contributed by atoms with Gasteiger partial charge >= 0.3 is 0 Å². The zero-order chi connectivity index (χ0) is 13.8. The zero-order valence-corrected chi connectivity index (χ0v) is 12.0. The lowest BCUT2D eigenvalue weighted by atomic mass is 10.2. The SMILES string of the molecule is S=C(Nc1ccccc1)N(Cc1ccncc1)C1CC1. The third kappa shape index (κ3) is 3.33. The van der Waals surface area contributed by atoms with Gasteiger partial charge in [-0.15, -0.1) is 0 Å². The molecule has 4 heteroatoms. The van der Waals surface area contributed by atoms with Gasteiger partial charge in [-0.05, 0) is 54.9 Å². The van der Waals surface area contributed by atoms with Crippen LogP contribution in [0.5, 0.6) is 0 Å². The third-order valence-corrected chi connectivity index (χ3v) is 3.71. The number of anilines is 1. The maximum atomic E-state index is 5.57. The molecular weight excluding hydrogens is 266 g/mol. The van der Waals surface area contributed by atoms with Crippen molar-refractivity contribution in [2.24, 2.45) is 0 Å². The third-order valence-electron chi connectivity index (χ3n) is 3.38. The van der Waals surface area contributed by atoms with Crippen LogP contribution in [0.2, 0.25) is 0 Å². The van der Waals surface area contributed by atoms with Crippen molar-refractivity contribution < 1.29 is 0 Å². The van der Waals surface area contributed by atoms with Gasteiger partial charge in [0.15, 0.2) is 5.11 Å². The summed E-state index contributed by atoms with van der Waals surface area (Å²) in [5.74, 6) is 0. The number of para-hydroxylation sites is 1. The molecule has 0 spiro atoms. The molecule has 0 aliphatic heterocycles. The van der Waals surface area contributed by atoms with Crippen LogP contribution >= 0.6 is 12.2 Å². The Labute approximate surface area is 124 Å². The van der Waals surface area contributed by atoms with Gasteiger partial charge in [-0.2, -0.15) is 0 Å². The monoisotopic (exact) mass is 283 g/mol. The number of benzene rings is 1. The van der Waals surface area contributed by atoms with Crippen LogP contribution < -0.4 is 5.32 Å². The lowest BCUT2D eigenvalue weighted by Crippen LogP contribution is -2.36. The number of thiocarbonyl (C=S) groups is 1. The van der Waals surface area contributed by atoms with Gasteiger partial charge in [0, 0.05) is 30.7 Å². The van der Waals surface area contributed by atoms with E-state index in [2.05, 4.69) is 15.2 Å². The van der Waals surface area contributed by atoms with E-state index in [1.165, 1.54) is 18.4 Å². The van der Waals surface area contributed by atoms with Crippen molar-refractivity contribution in [3.8, 4) is 0 Å². The maximum absolute atomic E-state index is 5.57. The van der Waals surface area contributed by atoms with Crippen LogP contribution in [0, 0.1) is 0 Å². The summed E-state index contributed by atoms with van der Waals surface area (Å²) in [6.45, 7) is 0.839. The minimum absolute atomic E-state index is 0.576. The summed E-state index contributed by atoms with van der Waals surface area (Å²) in [6, 6.07) is 14.7. The summed E-state index contributed by atoms with van der Waals surface area (Å²) < 4.78 is 0. The van der Waals surface area contributed by atoms with E-state index in [9.17, 15) is 0 Å². The van der Waals surface area contributed by atoms with Crippen molar-refractivity contribution in [3.63, 3.8) is 0 Å². The first-order valence-corrected chi connectivity index (χ1v) is 7.25. The molecule has 2 aromatic rings. The van der Waals surface area contributed by atoms with Crippen LogP contribution in [-0.2, 0) is 6.54 Å². The summed E-state index contributed by atoms with van der Waals surface area (Å²) in [5.41, 5.74) is 2.28. The van der Waals surface area contributed by atoms with Crippen molar-refractivity contribution in [2.45, 2.75) is 25.4 Å². The summed E-state index contributed by atoms with van der Waals surface area (Å²) in [5, 5.41) is 4.13. The molecule has 1 aliphatic rings. The lowest BCUT2D eigenvalue weighted by Gasteiger charge is -2.26. The Hall–Kier alpha value is -1.94. The molecule has 1 N–H and O–H groups in total. The number of aromatic nitrogens is 1. The first kappa shape index (κ1) is 13.1. The lowest BCUT2D eigenvalue weighted by molar-refractivity contribution is 0.409. The molecule has 3 nitrogen and oxygen atoms in total. The second-order valence-corrected chi connectivity index (χ2v) is 5.40. The van der Waals surface area contributed by atoms with E-state index < -0.39 is 0 Å². The maximum Gasteiger partial charge on any atom is 0.173 e. The van der Waals surface area contributed by atoms with Gasteiger partial charge in [-0.3, -0.25) is 4.98 Å². The number of hydrogen-bond acceptors (Lipinski definition) is 2. The minimum atomic E-state index is 0.576. The number of pyridine rings is 1. The highest BCUT2D eigenvalue weighted by molar-refractivity contribution is 7.80. The number of hydrogen-bond donors (Lipinski definition) is 1. The van der Waals surface area contributed by atoms with Gasteiger partial charge in [0.25, 0.3) is 0 Å². The molecule has 0 radical (unpaired) electrons. The Kier molecular flexibility index (Phi) is 3.92. The van der Waals surface area contributed by atoms with E-state index in [1.54, 1.807) is 0 Å². The molecule has 1 saturated carbocycles. The van der Waals surface area contributed by atoms with E-state index in [4.69, 9.17) is 12.2 Å². The molecule has 3 rings (SSSR count). The highest BCUT2D eigenvalue weighted by atomic mass is 32.1. The van der Waals surface area contributed by atoms with Crippen LogP contribution in [0.25, 0.3) is 0 Å². The first-order valence-electron chi connectivity index (χ1n) is 6.84. The molecular formula is C16H17N3S. The van der Waals surface area contributed by atoms with Crippen molar-refractivity contribution in [1.82, 2.24) is 9.88 Å². The molecule has 102 valence electrons. The predicted molar refractivity (Wildman–Crippen MR) is 85.5 cm³/mol. The number of nitrogens with one attached hydrogen (secondary N) is 1. The average Bonchev–Trinajstić information content (AvgIpc) is 3.31. The molecule has 1 aliphatic carbocycles. The van der Waals surface area contributed by atoms with E-state index >= 15 is 0 Å². The summed E-state index contributed by atoms with van der Waals surface area (Å²) in [4.78, 5) is 6.33. The quantitative estimate of drug-likeness (QED) is 0.870. The Morgan fingerprint density at radius 1 is 1.15 bits per heavy atom. The molecule has 1 heterocycles. The molecule has 0 atom stereocenters. The van der Waals surface area contributed by atoms with Crippen LogP contribution in [0.15, 0.2) is 54.9 Å². The fourth-order valence-corrected chi connectivity index (χ4v) is 2.49. The van der Waals surface area contributed by atoms with E-state index in [0.29, 0.717) is 6.04 Å². The molecule has 0 saturated heterocycles. The average molecular weight is 283 g/mol. The van der Waals surface area contributed by atoms with Crippen molar-refractivity contribution in [2.75, 3.05) is 5.32 Å². The number of rotatable bonds is 4. The minimum Gasteiger partial charge on any atom is -0.342 e. The largest absolute Gasteiger partial charge is 0.342 e. The Morgan fingerprint density at radius 3 is 2.50 bits per heavy atom. The summed E-state index contributed by atoms with van der Waals surface area (Å²) >= 11 is 5.57. The van der Waals surface area contributed by atoms with Crippen LogP contribution in [0.4, 0.5) is 5.69 Å². The van der Waals surface area contributed by atoms with Gasteiger partial charge < -0.3 is 10.2 Å². The summed E-state index contributed by atoms with van der Waals surface area (Å²) in [6.07, 6.45) is 6.10. The first-order chi connectivity index (χ1) is 9.83. The molecule has 0 amide bonds. The van der Waals surface area contributed by atoms with E-state index in [0.717, 1.165) is 17.3 Å². The molecule has 0 bridgehead atoms. The van der Waals surface area contributed by atoms with Crippen LogP contribution in [0.3, 0.4) is 0 Å². The van der Waals surface area contributed by atoms with Gasteiger partial charge in [-0.1, -0.05) is 18.2 Å². The Bertz CT molecular complexity index is 567. The van der Waals surface area contributed by atoms with Crippen molar-refractivity contribution >= 4 is 23.0 Å². The van der Waals surface area contributed by atoms with E-state index in [1.807, 2.05) is 54.9 Å².